The molecule has 0 unspecified atom stereocenters. The zero-order valence-electron chi connectivity index (χ0n) is 11.5. The predicted molar refractivity (Wildman–Crippen MR) is 84.9 cm³/mol. The lowest BCUT2D eigenvalue weighted by Gasteiger charge is -2.26. The highest BCUT2D eigenvalue weighted by Crippen LogP contribution is 2.39. The number of nitrogens with zero attached hydrogens (tertiary/aromatic N) is 3. The van der Waals surface area contributed by atoms with Gasteiger partial charge in [-0.05, 0) is 11.6 Å². The van der Waals surface area contributed by atoms with E-state index in [1.165, 1.54) is 12.1 Å². The van der Waals surface area contributed by atoms with E-state index < -0.39 is 20.9 Å². The molecule has 8 nitrogen and oxygen atoms in total. The normalized spacial score (nSPS) is 17.3. The van der Waals surface area contributed by atoms with E-state index in [4.69, 9.17) is 11.6 Å². The standard InChI is InChI=1S/C14H9ClN4O4/c15-13-9-3-1-2-4-10(9)14(13)17-16-11-6-5-8(18(20)21)7-12(11)19(22)23/h1-7,13,16H/t13-/m0/s1. The average molecular weight is 333 g/mol. The van der Waals surface area contributed by atoms with Crippen LogP contribution in [0.15, 0.2) is 47.6 Å². The van der Waals surface area contributed by atoms with Crippen molar-refractivity contribution in [1.29, 1.82) is 0 Å². The van der Waals surface area contributed by atoms with Crippen molar-refractivity contribution in [3.05, 3.63) is 73.8 Å². The van der Waals surface area contributed by atoms with Crippen molar-refractivity contribution in [2.45, 2.75) is 5.38 Å². The molecule has 1 atom stereocenters. The van der Waals surface area contributed by atoms with Crippen LogP contribution in [0.3, 0.4) is 0 Å². The number of non-ortho nitro benzene ring substituents is 1. The molecule has 2 aromatic rings. The quantitative estimate of drug-likeness (QED) is 0.522. The molecule has 0 spiro atoms. The third-order valence-corrected chi connectivity index (χ3v) is 3.88. The van der Waals surface area contributed by atoms with Crippen LogP contribution in [-0.4, -0.2) is 15.6 Å². The first kappa shape index (κ1) is 14.9. The number of hydrogen-bond donors (Lipinski definition) is 1. The van der Waals surface area contributed by atoms with Gasteiger partial charge in [0, 0.05) is 11.6 Å². The van der Waals surface area contributed by atoms with Gasteiger partial charge in [-0.3, -0.25) is 25.7 Å². The topological polar surface area (TPSA) is 111 Å². The fourth-order valence-electron chi connectivity index (χ4n) is 2.27. The minimum absolute atomic E-state index is 0.0568. The van der Waals surface area contributed by atoms with E-state index in [0.29, 0.717) is 5.71 Å². The minimum Gasteiger partial charge on any atom is -0.271 e. The van der Waals surface area contributed by atoms with Crippen LogP contribution < -0.4 is 5.43 Å². The molecule has 0 aliphatic heterocycles. The molecule has 0 aromatic heterocycles. The van der Waals surface area contributed by atoms with Gasteiger partial charge >= 0.3 is 5.69 Å². The van der Waals surface area contributed by atoms with Gasteiger partial charge in [-0.1, -0.05) is 24.3 Å². The Morgan fingerprint density at radius 1 is 1.09 bits per heavy atom. The summed E-state index contributed by atoms with van der Waals surface area (Å²) in [6.45, 7) is 0. The van der Waals surface area contributed by atoms with Crippen LogP contribution in [0.1, 0.15) is 16.5 Å². The number of hydrazone groups is 1. The number of alkyl halides is 1. The molecule has 1 aliphatic carbocycles. The number of nitro benzene ring substituents is 2. The molecule has 0 radical (unpaired) electrons. The summed E-state index contributed by atoms with van der Waals surface area (Å²) < 4.78 is 0. The van der Waals surface area contributed by atoms with Crippen molar-refractivity contribution < 1.29 is 9.85 Å². The Balaban J connectivity index is 1.91. The predicted octanol–water partition coefficient (Wildman–Crippen LogP) is 3.61. The van der Waals surface area contributed by atoms with E-state index >= 15 is 0 Å². The Kier molecular flexibility index (Phi) is 3.67. The largest absolute Gasteiger partial charge is 0.301 e. The number of anilines is 1. The maximum Gasteiger partial charge on any atom is 0.301 e. The molecule has 0 saturated heterocycles. The average Bonchev–Trinajstić information content (AvgIpc) is 2.54. The molecule has 9 heteroatoms. The summed E-state index contributed by atoms with van der Waals surface area (Å²) in [7, 11) is 0. The van der Waals surface area contributed by atoms with Crippen molar-refractivity contribution in [2.24, 2.45) is 5.10 Å². The molecule has 0 amide bonds. The second-order valence-electron chi connectivity index (χ2n) is 4.77. The highest BCUT2D eigenvalue weighted by Gasteiger charge is 2.32. The first-order valence-corrected chi connectivity index (χ1v) is 6.92. The van der Waals surface area contributed by atoms with E-state index in [1.54, 1.807) is 0 Å². The van der Waals surface area contributed by atoms with Crippen LogP contribution in [-0.2, 0) is 0 Å². The lowest BCUT2D eigenvalue weighted by atomic mass is 9.86. The van der Waals surface area contributed by atoms with Crippen LogP contribution in [0, 0.1) is 20.2 Å². The molecule has 1 aliphatic rings. The van der Waals surface area contributed by atoms with Gasteiger partial charge < -0.3 is 0 Å². The van der Waals surface area contributed by atoms with Gasteiger partial charge in [0.1, 0.15) is 11.1 Å². The highest BCUT2D eigenvalue weighted by molar-refractivity contribution is 6.40. The van der Waals surface area contributed by atoms with Crippen LogP contribution in [0.5, 0.6) is 0 Å². The van der Waals surface area contributed by atoms with E-state index in [2.05, 4.69) is 10.5 Å². The lowest BCUT2D eigenvalue weighted by Crippen LogP contribution is -2.24. The number of hydrogen-bond acceptors (Lipinski definition) is 6. The second kappa shape index (κ2) is 5.65. The van der Waals surface area contributed by atoms with Crippen molar-refractivity contribution in [3.63, 3.8) is 0 Å². The first-order chi connectivity index (χ1) is 11.0. The van der Waals surface area contributed by atoms with Crippen molar-refractivity contribution in [2.75, 3.05) is 5.43 Å². The summed E-state index contributed by atoms with van der Waals surface area (Å²) in [4.78, 5) is 20.4. The summed E-state index contributed by atoms with van der Waals surface area (Å²) in [5.41, 5.74) is 4.21. The molecule has 0 fully saturated rings. The summed E-state index contributed by atoms with van der Waals surface area (Å²) in [6.07, 6.45) is 0. The highest BCUT2D eigenvalue weighted by atomic mass is 35.5. The Morgan fingerprint density at radius 3 is 2.52 bits per heavy atom. The maximum atomic E-state index is 11.1. The number of nitrogens with one attached hydrogen (secondary N) is 1. The van der Waals surface area contributed by atoms with Gasteiger partial charge in [0.15, 0.2) is 0 Å². The monoisotopic (exact) mass is 332 g/mol. The Morgan fingerprint density at radius 2 is 1.83 bits per heavy atom. The molecule has 3 rings (SSSR count). The number of fused-ring (bicyclic) bond motifs is 1. The Hall–Kier alpha value is -3.00. The molecule has 116 valence electrons. The van der Waals surface area contributed by atoms with Gasteiger partial charge in [0.2, 0.25) is 0 Å². The third-order valence-electron chi connectivity index (χ3n) is 3.44. The molecule has 1 N–H and O–H groups in total. The molecule has 0 heterocycles. The second-order valence-corrected chi connectivity index (χ2v) is 5.21. The number of benzene rings is 2. The van der Waals surface area contributed by atoms with Gasteiger partial charge in [0.25, 0.3) is 5.69 Å². The lowest BCUT2D eigenvalue weighted by molar-refractivity contribution is -0.393. The number of nitro groups is 2. The van der Waals surface area contributed by atoms with Gasteiger partial charge in [-0.15, -0.1) is 11.6 Å². The Labute approximate surface area is 134 Å². The van der Waals surface area contributed by atoms with Crippen LogP contribution in [0.25, 0.3) is 0 Å². The van der Waals surface area contributed by atoms with E-state index in [1.807, 2.05) is 24.3 Å². The first-order valence-electron chi connectivity index (χ1n) is 6.49. The number of halogens is 1. The minimum atomic E-state index is -0.706. The van der Waals surface area contributed by atoms with Crippen molar-refractivity contribution in [3.8, 4) is 0 Å². The van der Waals surface area contributed by atoms with Gasteiger partial charge in [0.05, 0.1) is 21.6 Å². The van der Waals surface area contributed by atoms with Gasteiger partial charge in [-0.25, -0.2) is 0 Å². The summed E-state index contributed by atoms with van der Waals surface area (Å²) in [6, 6.07) is 10.7. The maximum absolute atomic E-state index is 11.1. The summed E-state index contributed by atoms with van der Waals surface area (Å²) in [5.74, 6) is 0. The smallest absolute Gasteiger partial charge is 0.271 e. The van der Waals surface area contributed by atoms with Crippen LogP contribution in [0.4, 0.5) is 17.1 Å². The molecule has 2 aromatic carbocycles. The van der Waals surface area contributed by atoms with Crippen molar-refractivity contribution >= 4 is 34.4 Å². The molecule has 23 heavy (non-hydrogen) atoms. The van der Waals surface area contributed by atoms with E-state index in [0.717, 1.165) is 17.2 Å². The zero-order chi connectivity index (χ0) is 16.6. The SMILES string of the molecule is O=[N+]([O-])c1ccc(NN=C2c3ccccc3[C@@H]2Cl)c([N+](=O)[O-])c1. The fraction of sp³-hybridized carbons (Fsp3) is 0.0714. The molecule has 0 bridgehead atoms. The molecular formula is C14H9ClN4O4. The van der Waals surface area contributed by atoms with Crippen LogP contribution >= 0.6 is 11.6 Å². The zero-order valence-corrected chi connectivity index (χ0v) is 12.2. The fourth-order valence-corrected chi connectivity index (χ4v) is 2.63. The third kappa shape index (κ3) is 2.59. The number of rotatable bonds is 4. The van der Waals surface area contributed by atoms with E-state index in [-0.39, 0.29) is 11.4 Å². The molecular weight excluding hydrogens is 324 g/mol. The van der Waals surface area contributed by atoms with Gasteiger partial charge in [-0.2, -0.15) is 5.10 Å². The van der Waals surface area contributed by atoms with E-state index in [9.17, 15) is 20.2 Å². The van der Waals surface area contributed by atoms with Crippen LogP contribution in [0.2, 0.25) is 0 Å². The summed E-state index contributed by atoms with van der Waals surface area (Å²) in [5, 5.41) is 25.5. The van der Waals surface area contributed by atoms with Crippen molar-refractivity contribution in [1.82, 2.24) is 0 Å². The molecule has 0 saturated carbocycles. The Bertz CT molecular complexity index is 852. The summed E-state index contributed by atoms with van der Waals surface area (Å²) >= 11 is 6.19.